The Morgan fingerprint density at radius 1 is 0.846 bits per heavy atom. The van der Waals surface area contributed by atoms with E-state index in [0.717, 1.165) is 22.3 Å². The molecule has 0 radical (unpaired) electrons. The maximum Gasteiger partial charge on any atom is 0.134 e. The molecule has 268 valence electrons. The highest BCUT2D eigenvalue weighted by atomic mass is 16.5. The Balaban J connectivity index is 1.44. The highest BCUT2D eigenvalue weighted by Crippen LogP contribution is 2.57. The van der Waals surface area contributed by atoms with E-state index in [1.807, 2.05) is 37.3 Å². The molecule has 0 spiro atoms. The summed E-state index contributed by atoms with van der Waals surface area (Å²) in [6.45, 7) is 5.62. The molecule has 7 atom stereocenters. The Labute approximate surface area is 302 Å². The van der Waals surface area contributed by atoms with Crippen LogP contribution in [0.4, 0.5) is 0 Å². The highest BCUT2D eigenvalue weighted by molar-refractivity contribution is 5.59. The Hall–Kier alpha value is -5.64. The molecule has 9 heteroatoms. The molecule has 2 heterocycles. The fraction of sp³-hybridized carbons (Fsp3) is 0.256. The molecular formula is C43H42O9. The molecule has 0 amide bonds. The van der Waals surface area contributed by atoms with Gasteiger partial charge in [0.25, 0.3) is 0 Å². The molecule has 9 nitrogen and oxygen atoms in total. The minimum Gasteiger partial charge on any atom is -0.512 e. The van der Waals surface area contributed by atoms with Gasteiger partial charge < -0.3 is 45.2 Å². The first-order chi connectivity index (χ1) is 24.9. The second-order valence-corrected chi connectivity index (χ2v) is 13.8. The van der Waals surface area contributed by atoms with Crippen molar-refractivity contribution in [1.82, 2.24) is 0 Å². The molecule has 2 unspecified atom stereocenters. The smallest absolute Gasteiger partial charge is 0.134 e. The molecule has 2 aromatic carbocycles. The first-order valence-corrected chi connectivity index (χ1v) is 17.3. The molecule has 0 bridgehead atoms. The lowest BCUT2D eigenvalue weighted by Crippen LogP contribution is -2.28. The van der Waals surface area contributed by atoms with Gasteiger partial charge in [0, 0.05) is 24.0 Å². The number of allylic oxidation sites excluding steroid dienone is 9. The summed E-state index contributed by atoms with van der Waals surface area (Å²) in [6, 6.07) is 11.2. The number of aromatic hydroxyl groups is 3. The van der Waals surface area contributed by atoms with Gasteiger partial charge in [-0.3, -0.25) is 0 Å². The predicted octanol–water partition coefficient (Wildman–Crippen LogP) is 8.28. The van der Waals surface area contributed by atoms with Gasteiger partial charge >= 0.3 is 0 Å². The van der Waals surface area contributed by atoms with E-state index >= 15 is 0 Å². The van der Waals surface area contributed by atoms with Crippen LogP contribution in [0.1, 0.15) is 49.3 Å². The van der Waals surface area contributed by atoms with Crippen molar-refractivity contribution in [3.63, 3.8) is 0 Å². The Morgan fingerprint density at radius 2 is 1.60 bits per heavy atom. The van der Waals surface area contributed by atoms with E-state index < -0.39 is 36.3 Å². The van der Waals surface area contributed by atoms with Crippen LogP contribution in [0.2, 0.25) is 0 Å². The zero-order valence-electron chi connectivity index (χ0n) is 28.6. The average Bonchev–Trinajstić information content (AvgIpc) is 3.65. The molecule has 3 aliphatic carbocycles. The summed E-state index contributed by atoms with van der Waals surface area (Å²) < 4.78 is 13.5. The summed E-state index contributed by atoms with van der Waals surface area (Å²) in [4.78, 5) is 0. The fourth-order valence-corrected chi connectivity index (χ4v) is 7.97. The van der Waals surface area contributed by atoms with E-state index in [1.54, 1.807) is 66.8 Å². The van der Waals surface area contributed by atoms with Crippen LogP contribution in [0.15, 0.2) is 161 Å². The maximum absolute atomic E-state index is 11.4. The van der Waals surface area contributed by atoms with Crippen molar-refractivity contribution in [2.75, 3.05) is 0 Å². The summed E-state index contributed by atoms with van der Waals surface area (Å²) in [6.07, 6.45) is 16.7. The molecule has 2 aliphatic heterocycles. The number of ether oxygens (including phenoxy) is 2. The van der Waals surface area contributed by atoms with Gasteiger partial charge in [-0.15, -0.1) is 0 Å². The summed E-state index contributed by atoms with van der Waals surface area (Å²) in [7, 11) is 0. The summed E-state index contributed by atoms with van der Waals surface area (Å²) in [5, 5.41) is 73.6. The average molecular weight is 703 g/mol. The van der Waals surface area contributed by atoms with E-state index in [-0.39, 0.29) is 46.9 Å². The van der Waals surface area contributed by atoms with Crippen LogP contribution in [-0.4, -0.2) is 54.1 Å². The van der Waals surface area contributed by atoms with Crippen molar-refractivity contribution in [2.45, 2.75) is 56.5 Å². The maximum atomic E-state index is 11.4. The van der Waals surface area contributed by atoms with Gasteiger partial charge in [0.05, 0.1) is 35.7 Å². The number of hydrogen-bond donors (Lipinski definition) is 7. The van der Waals surface area contributed by atoms with Gasteiger partial charge in [0.1, 0.15) is 34.9 Å². The van der Waals surface area contributed by atoms with Crippen LogP contribution in [0, 0.1) is 11.8 Å². The van der Waals surface area contributed by atoms with Crippen LogP contribution in [0.3, 0.4) is 0 Å². The summed E-state index contributed by atoms with van der Waals surface area (Å²) in [5.41, 5.74) is 5.10. The molecule has 0 aromatic heterocycles. The molecule has 1 fully saturated rings. The SMILES string of the molecule is C=C(O)/C=C(/C=C/C1C=CC(O)=CC1)C1=C(C)O[C@H](C2=CC[C@H](O)C=C2)[C@H]1C1=C2C(CC(O)=C1)O[C@@H](c1ccc(O)cc1)[C@@H]2c1cc(O)cc(O)c1. The van der Waals surface area contributed by atoms with Crippen LogP contribution < -0.4 is 0 Å². The van der Waals surface area contributed by atoms with Crippen molar-refractivity contribution in [3.05, 3.63) is 172 Å². The zero-order valence-corrected chi connectivity index (χ0v) is 28.6. The molecule has 5 aliphatic rings. The fourth-order valence-electron chi connectivity index (χ4n) is 7.97. The topological polar surface area (TPSA) is 160 Å². The van der Waals surface area contributed by atoms with E-state index in [9.17, 15) is 35.7 Å². The third kappa shape index (κ3) is 6.97. The Bertz CT molecular complexity index is 2030. The van der Waals surface area contributed by atoms with E-state index in [1.165, 1.54) is 6.07 Å². The van der Waals surface area contributed by atoms with Crippen molar-refractivity contribution >= 4 is 0 Å². The normalized spacial score (nSPS) is 28.8. The number of hydrogen-bond acceptors (Lipinski definition) is 9. The van der Waals surface area contributed by atoms with Gasteiger partial charge in [-0.2, -0.15) is 0 Å². The number of benzene rings is 2. The van der Waals surface area contributed by atoms with Crippen molar-refractivity contribution in [2.24, 2.45) is 11.8 Å². The largest absolute Gasteiger partial charge is 0.512 e. The van der Waals surface area contributed by atoms with Crippen LogP contribution >= 0.6 is 0 Å². The van der Waals surface area contributed by atoms with Gasteiger partial charge in [0.2, 0.25) is 0 Å². The number of rotatable bonds is 8. The monoisotopic (exact) mass is 702 g/mol. The summed E-state index contributed by atoms with van der Waals surface area (Å²) >= 11 is 0. The van der Waals surface area contributed by atoms with Gasteiger partial charge in [-0.1, -0.05) is 55.2 Å². The van der Waals surface area contributed by atoms with E-state index in [4.69, 9.17) is 9.47 Å². The molecule has 2 aromatic rings. The lowest BCUT2D eigenvalue weighted by atomic mass is 9.71. The quantitative estimate of drug-likeness (QED) is 0.106. The minimum absolute atomic E-state index is 0.0173. The zero-order chi connectivity index (χ0) is 36.7. The molecule has 1 saturated heterocycles. The second kappa shape index (κ2) is 14.2. The standard InChI is InChI=1S/C43H42O9/c1-23(44)17-28(6-3-25-4-11-30(45)12-5-25)38-24(2)51-43(27-9-15-32(47)16-10-27)41(38)36-21-35(50)22-37-40(36)39(29-18-33(48)20-34(49)19-29)42(52-37)26-7-13-31(46)14-8-26/h3-4,6-15,17-21,25,32,37,39,41-50H,1,5,16,22H2,2H3/b6-3+,28-17-/t25?,32-,37?,39-,41+,42+,43-/m1/s1. The van der Waals surface area contributed by atoms with E-state index in [2.05, 4.69) is 6.58 Å². The molecule has 7 N–H and O–H groups in total. The number of aliphatic hydroxyl groups excluding tert-OH is 4. The number of aliphatic hydroxyl groups is 4. The lowest BCUT2D eigenvalue weighted by Gasteiger charge is -2.32. The second-order valence-electron chi connectivity index (χ2n) is 13.8. The van der Waals surface area contributed by atoms with Gasteiger partial charge in [0.15, 0.2) is 0 Å². The first-order valence-electron chi connectivity index (χ1n) is 17.3. The highest BCUT2D eigenvalue weighted by Gasteiger charge is 2.49. The Morgan fingerprint density at radius 3 is 2.25 bits per heavy atom. The third-order valence-electron chi connectivity index (χ3n) is 10.2. The number of phenols is 3. The van der Waals surface area contributed by atoms with Crippen molar-refractivity contribution in [1.29, 1.82) is 0 Å². The summed E-state index contributed by atoms with van der Waals surface area (Å²) in [5.74, 6) is -0.543. The van der Waals surface area contributed by atoms with E-state index in [0.29, 0.717) is 35.3 Å². The molecule has 7 rings (SSSR count). The predicted molar refractivity (Wildman–Crippen MR) is 196 cm³/mol. The number of phenolic OH excluding ortho intramolecular Hbond substituents is 3. The molecular weight excluding hydrogens is 660 g/mol. The number of fused-ring (bicyclic) bond motifs is 1. The lowest BCUT2D eigenvalue weighted by molar-refractivity contribution is 0.0407. The molecule has 52 heavy (non-hydrogen) atoms. The minimum atomic E-state index is -0.632. The van der Waals surface area contributed by atoms with Crippen molar-refractivity contribution in [3.8, 4) is 17.2 Å². The Kier molecular flexibility index (Phi) is 9.48. The van der Waals surface area contributed by atoms with Gasteiger partial charge in [-0.05, 0) is 108 Å². The third-order valence-corrected chi connectivity index (χ3v) is 10.2. The first kappa shape index (κ1) is 34.8. The van der Waals surface area contributed by atoms with Crippen molar-refractivity contribution < 1.29 is 45.2 Å². The van der Waals surface area contributed by atoms with Crippen LogP contribution in [0.5, 0.6) is 17.2 Å². The van der Waals surface area contributed by atoms with Gasteiger partial charge in [-0.25, -0.2) is 0 Å². The molecule has 0 saturated carbocycles. The van der Waals surface area contributed by atoms with Crippen LogP contribution in [-0.2, 0) is 9.47 Å². The van der Waals surface area contributed by atoms with Crippen LogP contribution in [0.25, 0.3) is 0 Å².